The van der Waals surface area contributed by atoms with E-state index in [4.69, 9.17) is 0 Å². The van der Waals surface area contributed by atoms with E-state index in [1.54, 1.807) is 0 Å². The van der Waals surface area contributed by atoms with Gasteiger partial charge in [0.05, 0.1) is 16.4 Å². The zero-order valence-electron chi connectivity index (χ0n) is 20.9. The lowest BCUT2D eigenvalue weighted by Gasteiger charge is -2.33. The van der Waals surface area contributed by atoms with E-state index in [0.717, 1.165) is 0 Å². The number of aromatic nitrogens is 2. The third-order valence-electron chi connectivity index (χ3n) is 8.29. The van der Waals surface area contributed by atoms with Crippen LogP contribution in [-0.4, -0.2) is 9.97 Å². The number of hydrogen-bond donors (Lipinski definition) is 2. The van der Waals surface area contributed by atoms with Gasteiger partial charge in [-0.15, -0.1) is 0 Å². The molecule has 38 heavy (non-hydrogen) atoms. The van der Waals surface area contributed by atoms with E-state index in [2.05, 4.69) is 150 Å². The van der Waals surface area contributed by atoms with Crippen molar-refractivity contribution in [3.05, 3.63) is 156 Å². The van der Waals surface area contributed by atoms with Gasteiger partial charge in [0.2, 0.25) is 0 Å². The first kappa shape index (κ1) is 21.3. The van der Waals surface area contributed by atoms with Gasteiger partial charge in [-0.25, -0.2) is 0 Å². The van der Waals surface area contributed by atoms with Gasteiger partial charge in [-0.2, -0.15) is 0 Å². The standard InChI is InChI=1S/C36H26N2/c1-2-10-24(11-3-1)25-20-22-36(23-21-25,30-16-8-14-28-26-12-4-6-18-32(26)37-34(28)30)31-17-9-15-29-27-13-5-7-19-33(27)38-35(29)31/h1-23,25,37-38H. The minimum absolute atomic E-state index is 0.244. The molecule has 0 fully saturated rings. The molecule has 7 aromatic rings. The summed E-state index contributed by atoms with van der Waals surface area (Å²) in [5, 5.41) is 5.03. The molecule has 2 heteroatoms. The van der Waals surface area contributed by atoms with E-state index in [-0.39, 0.29) is 5.92 Å². The summed E-state index contributed by atoms with van der Waals surface area (Å²) in [4.78, 5) is 7.56. The minimum atomic E-state index is -0.438. The quantitative estimate of drug-likeness (QED) is 0.233. The number of aromatic amines is 2. The fourth-order valence-corrected chi connectivity index (χ4v) is 6.47. The SMILES string of the molecule is C1=CC(c2cccc3c2[nH]c2ccccc23)(c2cccc3c2[nH]c2ccccc23)C=CC1c1ccccc1. The molecule has 8 rings (SSSR count). The van der Waals surface area contributed by atoms with Crippen molar-refractivity contribution in [3.63, 3.8) is 0 Å². The summed E-state index contributed by atoms with van der Waals surface area (Å²) in [6.07, 6.45) is 9.59. The Hall–Kier alpha value is -4.82. The highest BCUT2D eigenvalue weighted by molar-refractivity contribution is 6.11. The first-order chi connectivity index (χ1) is 18.8. The first-order valence-electron chi connectivity index (χ1n) is 13.3. The molecule has 2 nitrogen and oxygen atoms in total. The van der Waals surface area contributed by atoms with Gasteiger partial charge in [-0.3, -0.25) is 0 Å². The van der Waals surface area contributed by atoms with Crippen LogP contribution in [0.3, 0.4) is 0 Å². The van der Waals surface area contributed by atoms with Crippen LogP contribution in [-0.2, 0) is 5.41 Å². The summed E-state index contributed by atoms with van der Waals surface area (Å²) < 4.78 is 0. The topological polar surface area (TPSA) is 31.6 Å². The van der Waals surface area contributed by atoms with Crippen molar-refractivity contribution in [3.8, 4) is 0 Å². The fraction of sp³-hybridized carbons (Fsp3) is 0.0556. The lowest BCUT2D eigenvalue weighted by Crippen LogP contribution is -2.26. The predicted molar refractivity (Wildman–Crippen MR) is 160 cm³/mol. The smallest absolute Gasteiger partial charge is 0.0604 e. The van der Waals surface area contributed by atoms with Gasteiger partial charge in [0, 0.05) is 38.5 Å². The largest absolute Gasteiger partial charge is 0.354 e. The van der Waals surface area contributed by atoms with Crippen LogP contribution in [0.2, 0.25) is 0 Å². The second kappa shape index (κ2) is 8.09. The highest BCUT2D eigenvalue weighted by atomic mass is 14.7. The number of nitrogens with one attached hydrogen (secondary N) is 2. The Kier molecular flexibility index (Phi) is 4.53. The van der Waals surface area contributed by atoms with E-state index in [0.29, 0.717) is 0 Å². The van der Waals surface area contributed by atoms with Crippen LogP contribution in [0.1, 0.15) is 22.6 Å². The Morgan fingerprint density at radius 2 is 0.921 bits per heavy atom. The molecule has 2 aromatic heterocycles. The monoisotopic (exact) mass is 486 g/mol. The maximum absolute atomic E-state index is 3.78. The highest BCUT2D eigenvalue weighted by Crippen LogP contribution is 2.46. The molecule has 180 valence electrons. The van der Waals surface area contributed by atoms with Crippen LogP contribution in [0.15, 0.2) is 140 Å². The summed E-state index contributed by atoms with van der Waals surface area (Å²) in [7, 11) is 0. The van der Waals surface area contributed by atoms with Gasteiger partial charge < -0.3 is 9.97 Å². The molecule has 0 atom stereocenters. The number of allylic oxidation sites excluding steroid dienone is 4. The molecule has 0 unspecified atom stereocenters. The van der Waals surface area contributed by atoms with Crippen LogP contribution >= 0.6 is 0 Å². The zero-order chi connectivity index (χ0) is 25.1. The molecule has 0 bridgehead atoms. The Bertz CT molecular complexity index is 1900. The summed E-state index contributed by atoms with van der Waals surface area (Å²) in [5.74, 6) is 0.244. The van der Waals surface area contributed by atoms with Gasteiger partial charge in [0.15, 0.2) is 0 Å². The molecule has 0 radical (unpaired) electrons. The molecular formula is C36H26N2. The summed E-state index contributed by atoms with van der Waals surface area (Å²) in [5.41, 5.74) is 8.10. The fourth-order valence-electron chi connectivity index (χ4n) is 6.47. The molecule has 0 saturated carbocycles. The molecule has 0 spiro atoms. The van der Waals surface area contributed by atoms with Crippen molar-refractivity contribution >= 4 is 43.6 Å². The van der Waals surface area contributed by atoms with Gasteiger partial charge in [0.25, 0.3) is 0 Å². The number of benzene rings is 5. The van der Waals surface area contributed by atoms with Gasteiger partial charge >= 0.3 is 0 Å². The maximum atomic E-state index is 3.78. The third kappa shape index (κ3) is 3.01. The average Bonchev–Trinajstić information content (AvgIpc) is 3.56. The van der Waals surface area contributed by atoms with Crippen molar-refractivity contribution in [1.82, 2.24) is 9.97 Å². The molecular weight excluding hydrogens is 460 g/mol. The molecule has 1 aliphatic carbocycles. The number of rotatable bonds is 3. The molecule has 0 amide bonds. The van der Waals surface area contributed by atoms with E-state index in [9.17, 15) is 0 Å². The molecule has 5 aromatic carbocycles. The number of para-hydroxylation sites is 4. The lowest BCUT2D eigenvalue weighted by molar-refractivity contribution is 0.793. The Morgan fingerprint density at radius 3 is 1.47 bits per heavy atom. The van der Waals surface area contributed by atoms with Crippen LogP contribution in [0.5, 0.6) is 0 Å². The molecule has 0 aliphatic heterocycles. The van der Waals surface area contributed by atoms with Crippen molar-refractivity contribution in [2.75, 3.05) is 0 Å². The van der Waals surface area contributed by atoms with Crippen molar-refractivity contribution in [2.24, 2.45) is 0 Å². The molecule has 1 aliphatic rings. The van der Waals surface area contributed by atoms with Crippen molar-refractivity contribution < 1.29 is 0 Å². The van der Waals surface area contributed by atoms with E-state index in [1.807, 2.05) is 0 Å². The summed E-state index contributed by atoms with van der Waals surface area (Å²) in [6, 6.07) is 41.4. The average molecular weight is 487 g/mol. The zero-order valence-corrected chi connectivity index (χ0v) is 20.9. The van der Waals surface area contributed by atoms with Crippen LogP contribution in [0.4, 0.5) is 0 Å². The number of fused-ring (bicyclic) bond motifs is 6. The second-order valence-electron chi connectivity index (χ2n) is 10.3. The number of hydrogen-bond acceptors (Lipinski definition) is 0. The molecule has 0 saturated heterocycles. The van der Waals surface area contributed by atoms with Gasteiger partial charge in [-0.1, -0.05) is 127 Å². The summed E-state index contributed by atoms with van der Waals surface area (Å²) >= 11 is 0. The summed E-state index contributed by atoms with van der Waals surface area (Å²) in [6.45, 7) is 0. The molecule has 2 heterocycles. The van der Waals surface area contributed by atoms with E-state index in [1.165, 1.54) is 60.3 Å². The Balaban J connectivity index is 1.44. The van der Waals surface area contributed by atoms with Crippen LogP contribution in [0.25, 0.3) is 43.6 Å². The normalized spacial score (nSPS) is 15.3. The van der Waals surface area contributed by atoms with Gasteiger partial charge in [0.1, 0.15) is 0 Å². The van der Waals surface area contributed by atoms with E-state index >= 15 is 0 Å². The van der Waals surface area contributed by atoms with E-state index < -0.39 is 5.41 Å². The molecule has 2 N–H and O–H groups in total. The minimum Gasteiger partial charge on any atom is -0.354 e. The van der Waals surface area contributed by atoms with Crippen molar-refractivity contribution in [2.45, 2.75) is 11.3 Å². The predicted octanol–water partition coefficient (Wildman–Crippen LogP) is 9.15. The lowest BCUT2D eigenvalue weighted by atomic mass is 9.69. The maximum Gasteiger partial charge on any atom is 0.0604 e. The Morgan fingerprint density at radius 1 is 0.447 bits per heavy atom. The first-order valence-corrected chi connectivity index (χ1v) is 13.3. The second-order valence-corrected chi connectivity index (χ2v) is 10.3. The van der Waals surface area contributed by atoms with Crippen molar-refractivity contribution in [1.29, 1.82) is 0 Å². The highest BCUT2D eigenvalue weighted by Gasteiger charge is 2.35. The Labute approximate surface area is 220 Å². The number of H-pyrrole nitrogens is 2. The van der Waals surface area contributed by atoms with Gasteiger partial charge in [-0.05, 0) is 28.8 Å². The third-order valence-corrected chi connectivity index (χ3v) is 8.29. The van der Waals surface area contributed by atoms with Crippen LogP contribution < -0.4 is 0 Å². The van der Waals surface area contributed by atoms with Crippen LogP contribution in [0, 0.1) is 0 Å².